The van der Waals surface area contributed by atoms with Crippen molar-refractivity contribution in [1.82, 2.24) is 9.97 Å². The number of carbonyl (C=O) groups is 1. The topological polar surface area (TPSA) is 46.1 Å². The Morgan fingerprint density at radius 1 is 1.14 bits per heavy atom. The Hall–Kier alpha value is -3.02. The molecule has 0 saturated carbocycles. The van der Waals surface area contributed by atoms with Crippen LogP contribution in [0.5, 0.6) is 0 Å². The lowest BCUT2D eigenvalue weighted by atomic mass is 10.2. The molecule has 29 heavy (non-hydrogen) atoms. The lowest BCUT2D eigenvalue weighted by molar-refractivity contribution is -0.114. The molecule has 0 unspecified atom stereocenters. The number of hydrogen-bond donors (Lipinski definition) is 0. The lowest BCUT2D eigenvalue weighted by Crippen LogP contribution is -2.28. The van der Waals surface area contributed by atoms with E-state index in [1.807, 2.05) is 67.6 Å². The van der Waals surface area contributed by atoms with E-state index < -0.39 is 0 Å². The molecule has 0 aliphatic carbocycles. The number of anilines is 1. The fraction of sp³-hybridized carbons (Fsp3) is 0.0870. The van der Waals surface area contributed by atoms with E-state index in [1.165, 1.54) is 11.3 Å². The predicted octanol–water partition coefficient (Wildman–Crippen LogP) is 5.90. The van der Waals surface area contributed by atoms with Crippen molar-refractivity contribution in [2.45, 2.75) is 13.5 Å². The van der Waals surface area contributed by atoms with Crippen LogP contribution in [0.2, 0.25) is 5.02 Å². The van der Waals surface area contributed by atoms with Crippen molar-refractivity contribution in [3.63, 3.8) is 0 Å². The van der Waals surface area contributed by atoms with Gasteiger partial charge in [0.1, 0.15) is 0 Å². The molecule has 144 valence electrons. The van der Waals surface area contributed by atoms with Crippen LogP contribution in [0.15, 0.2) is 73.1 Å². The van der Waals surface area contributed by atoms with Crippen molar-refractivity contribution in [2.75, 3.05) is 4.90 Å². The highest BCUT2D eigenvalue weighted by Crippen LogP contribution is 2.33. The molecule has 0 aliphatic heterocycles. The molecule has 0 N–H and O–H groups in total. The molecule has 2 aromatic heterocycles. The van der Waals surface area contributed by atoms with Crippen LogP contribution < -0.4 is 4.90 Å². The molecule has 0 spiro atoms. The van der Waals surface area contributed by atoms with Gasteiger partial charge in [0, 0.05) is 23.5 Å². The number of hydrogen-bond acceptors (Lipinski definition) is 4. The molecule has 4 rings (SSSR count). The minimum atomic E-state index is -0.131. The maximum absolute atomic E-state index is 13.1. The Bertz CT molecular complexity index is 1170. The van der Waals surface area contributed by atoms with Crippen molar-refractivity contribution in [3.8, 4) is 0 Å². The van der Waals surface area contributed by atoms with Crippen LogP contribution in [0.3, 0.4) is 0 Å². The minimum absolute atomic E-state index is 0.131. The number of aromatic nitrogens is 2. The number of carbonyl (C=O) groups excluding carboxylic acids is 1. The fourth-order valence-electron chi connectivity index (χ4n) is 2.99. The molecule has 0 aliphatic rings. The zero-order valence-electron chi connectivity index (χ0n) is 15.7. The van der Waals surface area contributed by atoms with Crippen LogP contribution in [0.4, 0.5) is 5.13 Å². The number of thiazole rings is 1. The van der Waals surface area contributed by atoms with Crippen molar-refractivity contribution in [1.29, 1.82) is 0 Å². The van der Waals surface area contributed by atoms with Gasteiger partial charge in [-0.05, 0) is 54.0 Å². The van der Waals surface area contributed by atoms with Crippen molar-refractivity contribution in [3.05, 3.63) is 94.8 Å². The van der Waals surface area contributed by atoms with Crippen LogP contribution in [-0.4, -0.2) is 15.9 Å². The Morgan fingerprint density at radius 3 is 2.66 bits per heavy atom. The molecule has 2 aromatic carbocycles. The first-order chi connectivity index (χ1) is 14.1. The first-order valence-corrected chi connectivity index (χ1v) is 10.3. The van der Waals surface area contributed by atoms with E-state index in [-0.39, 0.29) is 5.91 Å². The van der Waals surface area contributed by atoms with Gasteiger partial charge in [-0.3, -0.25) is 14.7 Å². The Labute approximate surface area is 178 Å². The van der Waals surface area contributed by atoms with Gasteiger partial charge in [-0.25, -0.2) is 4.98 Å². The zero-order chi connectivity index (χ0) is 20.2. The van der Waals surface area contributed by atoms with E-state index >= 15 is 0 Å². The summed E-state index contributed by atoms with van der Waals surface area (Å²) in [6.07, 6.45) is 6.85. The van der Waals surface area contributed by atoms with Gasteiger partial charge in [0.25, 0.3) is 5.91 Å². The summed E-state index contributed by atoms with van der Waals surface area (Å²) < 4.78 is 0.963. The Morgan fingerprint density at radius 2 is 1.90 bits per heavy atom. The standard InChI is InChI=1S/C23H18ClN3OS/c1-16-13-19(24)14-20-22(16)26-23(29-20)27(15-18-9-11-25-12-10-18)21(28)8-7-17-5-3-2-4-6-17/h2-14H,15H2,1H3/b8-7+. The predicted molar refractivity (Wildman–Crippen MR) is 120 cm³/mol. The second-order valence-corrected chi connectivity index (χ2v) is 8.04. The van der Waals surface area contributed by atoms with Gasteiger partial charge in [-0.15, -0.1) is 0 Å². The van der Waals surface area contributed by atoms with Gasteiger partial charge >= 0.3 is 0 Å². The number of nitrogens with zero attached hydrogens (tertiary/aromatic N) is 3. The number of benzene rings is 2. The van der Waals surface area contributed by atoms with E-state index in [9.17, 15) is 4.79 Å². The largest absolute Gasteiger partial charge is 0.280 e. The summed E-state index contributed by atoms with van der Waals surface area (Å²) in [6.45, 7) is 2.38. The average Bonchev–Trinajstić information content (AvgIpc) is 3.16. The monoisotopic (exact) mass is 419 g/mol. The number of amides is 1. The normalized spacial score (nSPS) is 11.2. The van der Waals surface area contributed by atoms with Crippen LogP contribution in [0.1, 0.15) is 16.7 Å². The Kier molecular flexibility index (Phi) is 5.69. The summed E-state index contributed by atoms with van der Waals surface area (Å²) in [5.41, 5.74) is 3.81. The molecule has 0 saturated heterocycles. The quantitative estimate of drug-likeness (QED) is 0.378. The Balaban J connectivity index is 1.71. The van der Waals surface area contributed by atoms with Gasteiger partial charge in [-0.2, -0.15) is 0 Å². The molecule has 0 radical (unpaired) electrons. The fourth-order valence-corrected chi connectivity index (χ4v) is 4.42. The van der Waals surface area contributed by atoms with Crippen LogP contribution in [0.25, 0.3) is 16.3 Å². The SMILES string of the molecule is Cc1cc(Cl)cc2sc(N(Cc3ccncc3)C(=O)/C=C/c3ccccc3)nc12. The van der Waals surface area contributed by atoms with E-state index in [0.29, 0.717) is 16.7 Å². The summed E-state index contributed by atoms with van der Waals surface area (Å²) in [5, 5.41) is 1.31. The van der Waals surface area contributed by atoms with Crippen LogP contribution >= 0.6 is 22.9 Å². The smallest absolute Gasteiger partial charge is 0.253 e. The first kappa shape index (κ1) is 19.3. The van der Waals surface area contributed by atoms with Crippen molar-refractivity contribution < 1.29 is 4.79 Å². The third kappa shape index (κ3) is 4.53. The summed E-state index contributed by atoms with van der Waals surface area (Å²) in [7, 11) is 0. The molecule has 2 heterocycles. The third-order valence-electron chi connectivity index (χ3n) is 4.44. The molecule has 0 atom stereocenters. The van der Waals surface area contributed by atoms with Crippen LogP contribution in [-0.2, 0) is 11.3 Å². The van der Waals surface area contributed by atoms with Gasteiger partial charge in [0.05, 0.1) is 16.8 Å². The molecular weight excluding hydrogens is 402 g/mol. The highest BCUT2D eigenvalue weighted by atomic mass is 35.5. The summed E-state index contributed by atoms with van der Waals surface area (Å²) in [4.78, 5) is 23.6. The number of pyridine rings is 1. The molecule has 4 aromatic rings. The number of rotatable bonds is 5. The number of fused-ring (bicyclic) bond motifs is 1. The number of halogens is 1. The summed E-state index contributed by atoms with van der Waals surface area (Å²) in [5.74, 6) is -0.131. The van der Waals surface area contributed by atoms with Crippen molar-refractivity contribution in [2.24, 2.45) is 0 Å². The maximum Gasteiger partial charge on any atom is 0.253 e. The zero-order valence-corrected chi connectivity index (χ0v) is 17.3. The minimum Gasteiger partial charge on any atom is -0.280 e. The van der Waals surface area contributed by atoms with E-state index in [4.69, 9.17) is 16.6 Å². The van der Waals surface area contributed by atoms with Gasteiger partial charge in [-0.1, -0.05) is 53.3 Å². The molecule has 4 nitrogen and oxygen atoms in total. The molecule has 1 amide bonds. The van der Waals surface area contributed by atoms with Crippen molar-refractivity contribution >= 4 is 50.3 Å². The second-order valence-electron chi connectivity index (χ2n) is 6.59. The molecule has 0 bridgehead atoms. The summed E-state index contributed by atoms with van der Waals surface area (Å²) >= 11 is 7.67. The van der Waals surface area contributed by atoms with E-state index in [0.717, 1.165) is 26.9 Å². The average molecular weight is 420 g/mol. The van der Waals surface area contributed by atoms with E-state index in [1.54, 1.807) is 23.4 Å². The maximum atomic E-state index is 13.1. The summed E-state index contributed by atoms with van der Waals surface area (Å²) in [6, 6.07) is 17.3. The lowest BCUT2D eigenvalue weighted by Gasteiger charge is -2.18. The molecule has 6 heteroatoms. The van der Waals surface area contributed by atoms with Crippen LogP contribution in [0, 0.1) is 6.92 Å². The van der Waals surface area contributed by atoms with E-state index in [2.05, 4.69) is 4.98 Å². The molecule has 0 fully saturated rings. The number of aryl methyl sites for hydroxylation is 1. The van der Waals surface area contributed by atoms with Gasteiger partial charge in [0.15, 0.2) is 5.13 Å². The van der Waals surface area contributed by atoms with Gasteiger partial charge < -0.3 is 0 Å². The second kappa shape index (κ2) is 8.55. The highest BCUT2D eigenvalue weighted by Gasteiger charge is 2.19. The highest BCUT2D eigenvalue weighted by molar-refractivity contribution is 7.22. The third-order valence-corrected chi connectivity index (χ3v) is 5.69. The van der Waals surface area contributed by atoms with Gasteiger partial charge in [0.2, 0.25) is 0 Å². The molecular formula is C23H18ClN3OS. The first-order valence-electron chi connectivity index (χ1n) is 9.10.